The molecule has 0 unspecified atom stereocenters. The summed E-state index contributed by atoms with van der Waals surface area (Å²) in [5.74, 6) is -0.872. The van der Waals surface area contributed by atoms with Crippen molar-refractivity contribution in [1.29, 1.82) is 0 Å². The average molecular weight is 235 g/mol. The van der Waals surface area contributed by atoms with E-state index in [1.807, 2.05) is 0 Å². The molecule has 1 aromatic rings. The van der Waals surface area contributed by atoms with Gasteiger partial charge >= 0.3 is 5.97 Å². The fourth-order valence-corrected chi connectivity index (χ4v) is 1.81. The molecule has 5 nitrogen and oxygen atoms in total. The summed E-state index contributed by atoms with van der Waals surface area (Å²) in [5, 5.41) is 8.84. The van der Waals surface area contributed by atoms with Gasteiger partial charge in [-0.3, -0.25) is 14.5 Å². The molecule has 0 saturated carbocycles. The molecule has 0 aromatic heterocycles. The van der Waals surface area contributed by atoms with Gasteiger partial charge in [0.15, 0.2) is 5.60 Å². The lowest BCUT2D eigenvalue weighted by Crippen LogP contribution is -2.53. The number of aliphatic carboxylic acids is 1. The third-order valence-corrected chi connectivity index (χ3v) is 2.57. The Morgan fingerprint density at radius 3 is 2.71 bits per heavy atom. The Morgan fingerprint density at radius 1 is 1.41 bits per heavy atom. The molecule has 0 fully saturated rings. The van der Waals surface area contributed by atoms with Crippen molar-refractivity contribution in [2.24, 2.45) is 0 Å². The normalized spacial score (nSPS) is 17.3. The van der Waals surface area contributed by atoms with E-state index in [-0.39, 0.29) is 12.5 Å². The van der Waals surface area contributed by atoms with Crippen LogP contribution in [0.15, 0.2) is 24.3 Å². The zero-order chi connectivity index (χ0) is 12.6. The summed E-state index contributed by atoms with van der Waals surface area (Å²) in [4.78, 5) is 24.1. The van der Waals surface area contributed by atoms with E-state index in [0.29, 0.717) is 11.4 Å². The van der Waals surface area contributed by atoms with E-state index >= 15 is 0 Å². The first-order chi connectivity index (χ1) is 7.92. The van der Waals surface area contributed by atoms with Gasteiger partial charge in [0.2, 0.25) is 0 Å². The molecule has 90 valence electrons. The fourth-order valence-electron chi connectivity index (χ4n) is 1.81. The number of rotatable bonds is 2. The zero-order valence-electron chi connectivity index (χ0n) is 9.64. The van der Waals surface area contributed by atoms with Crippen LogP contribution >= 0.6 is 0 Å². The molecule has 0 saturated heterocycles. The van der Waals surface area contributed by atoms with Crippen LogP contribution < -0.4 is 9.64 Å². The summed E-state index contributed by atoms with van der Waals surface area (Å²) in [6.45, 7) is 2.89. The number of carbonyl (C=O) groups excluding carboxylic acids is 1. The van der Waals surface area contributed by atoms with Gasteiger partial charge in [-0.25, -0.2) is 0 Å². The van der Waals surface area contributed by atoms with Gasteiger partial charge in [0.1, 0.15) is 12.3 Å². The van der Waals surface area contributed by atoms with Gasteiger partial charge in [0, 0.05) is 0 Å². The maximum atomic E-state index is 12.1. The van der Waals surface area contributed by atoms with Crippen LogP contribution in [0, 0.1) is 0 Å². The van der Waals surface area contributed by atoms with E-state index in [1.165, 1.54) is 4.90 Å². The lowest BCUT2D eigenvalue weighted by molar-refractivity contribution is -0.139. The van der Waals surface area contributed by atoms with Gasteiger partial charge in [-0.15, -0.1) is 0 Å². The van der Waals surface area contributed by atoms with Crippen molar-refractivity contribution in [3.8, 4) is 5.75 Å². The molecule has 0 bridgehead atoms. The molecule has 1 aliphatic rings. The lowest BCUT2D eigenvalue weighted by Gasteiger charge is -2.37. The highest BCUT2D eigenvalue weighted by Crippen LogP contribution is 2.37. The van der Waals surface area contributed by atoms with Crippen LogP contribution in [0.3, 0.4) is 0 Å². The Hall–Kier alpha value is -2.04. The number of hydrogen-bond acceptors (Lipinski definition) is 3. The first-order valence-corrected chi connectivity index (χ1v) is 5.23. The molecule has 1 N–H and O–H groups in total. The molecule has 0 atom stereocenters. The third kappa shape index (κ3) is 1.95. The number of hydrogen-bond donors (Lipinski definition) is 1. The molecule has 1 aromatic carbocycles. The molecule has 5 heteroatoms. The van der Waals surface area contributed by atoms with Gasteiger partial charge in [-0.2, -0.15) is 0 Å². The summed E-state index contributed by atoms with van der Waals surface area (Å²) in [6, 6.07) is 6.91. The van der Waals surface area contributed by atoms with Crippen LogP contribution in [0.25, 0.3) is 0 Å². The number of nitrogens with zero attached hydrogens (tertiary/aromatic N) is 1. The van der Waals surface area contributed by atoms with Crippen molar-refractivity contribution >= 4 is 17.6 Å². The minimum Gasteiger partial charge on any atom is -0.480 e. The van der Waals surface area contributed by atoms with Gasteiger partial charge in [0.25, 0.3) is 5.91 Å². The Kier molecular flexibility index (Phi) is 2.53. The zero-order valence-corrected chi connectivity index (χ0v) is 9.64. The predicted octanol–water partition coefficient (Wildman–Crippen LogP) is 1.28. The van der Waals surface area contributed by atoms with Gasteiger partial charge in [-0.1, -0.05) is 12.1 Å². The standard InChI is InChI=1S/C12H13NO4/c1-12(2)11(16)13(7-10(14)15)8-5-3-4-6-9(8)17-12/h3-6H,7H2,1-2H3,(H,14,15). The molecule has 1 heterocycles. The number of carbonyl (C=O) groups is 2. The maximum absolute atomic E-state index is 12.1. The Bertz CT molecular complexity index is 481. The van der Waals surface area contributed by atoms with Crippen LogP contribution in [0.5, 0.6) is 5.75 Å². The molecule has 0 spiro atoms. The van der Waals surface area contributed by atoms with Crippen LogP contribution in [-0.4, -0.2) is 29.1 Å². The maximum Gasteiger partial charge on any atom is 0.323 e. The van der Waals surface area contributed by atoms with Crippen LogP contribution in [0.1, 0.15) is 13.8 Å². The number of para-hydroxylation sites is 2. The van der Waals surface area contributed by atoms with Crippen LogP contribution in [-0.2, 0) is 9.59 Å². The molecular formula is C12H13NO4. The summed E-state index contributed by atoms with van der Waals surface area (Å²) in [5.41, 5.74) is -0.539. The van der Waals surface area contributed by atoms with Crippen molar-refractivity contribution in [2.45, 2.75) is 19.4 Å². The first-order valence-electron chi connectivity index (χ1n) is 5.23. The average Bonchev–Trinajstić information content (AvgIpc) is 2.24. The van der Waals surface area contributed by atoms with Crippen molar-refractivity contribution in [3.05, 3.63) is 24.3 Å². The van der Waals surface area contributed by atoms with Crippen molar-refractivity contribution < 1.29 is 19.4 Å². The molecule has 17 heavy (non-hydrogen) atoms. The Labute approximate surface area is 98.6 Å². The molecule has 1 amide bonds. The van der Waals surface area contributed by atoms with Gasteiger partial charge in [0.05, 0.1) is 5.69 Å². The predicted molar refractivity (Wildman–Crippen MR) is 61.1 cm³/mol. The van der Waals surface area contributed by atoms with E-state index in [1.54, 1.807) is 38.1 Å². The van der Waals surface area contributed by atoms with E-state index in [0.717, 1.165) is 0 Å². The van der Waals surface area contributed by atoms with Crippen molar-refractivity contribution in [3.63, 3.8) is 0 Å². The Morgan fingerprint density at radius 2 is 2.06 bits per heavy atom. The highest BCUT2D eigenvalue weighted by molar-refractivity contribution is 6.04. The molecule has 1 aliphatic heterocycles. The second-order valence-corrected chi connectivity index (χ2v) is 4.37. The highest BCUT2D eigenvalue weighted by atomic mass is 16.5. The smallest absolute Gasteiger partial charge is 0.323 e. The molecule has 2 rings (SSSR count). The first kappa shape index (κ1) is 11.4. The van der Waals surface area contributed by atoms with Gasteiger partial charge in [-0.05, 0) is 26.0 Å². The number of amides is 1. The second kappa shape index (κ2) is 3.76. The summed E-state index contributed by atoms with van der Waals surface area (Å²) in [7, 11) is 0. The number of fused-ring (bicyclic) bond motifs is 1. The quantitative estimate of drug-likeness (QED) is 0.838. The third-order valence-electron chi connectivity index (χ3n) is 2.57. The second-order valence-electron chi connectivity index (χ2n) is 4.37. The topological polar surface area (TPSA) is 66.8 Å². The van der Waals surface area contributed by atoms with Crippen LogP contribution in [0.2, 0.25) is 0 Å². The SMILES string of the molecule is CC1(C)Oc2ccccc2N(CC(=O)O)C1=O. The van der Waals surface area contributed by atoms with E-state index in [2.05, 4.69) is 0 Å². The summed E-state index contributed by atoms with van der Waals surface area (Å²) < 4.78 is 5.56. The summed E-state index contributed by atoms with van der Waals surface area (Å²) in [6.07, 6.45) is 0. The monoisotopic (exact) mass is 235 g/mol. The van der Waals surface area contributed by atoms with Crippen molar-refractivity contribution in [2.75, 3.05) is 11.4 Å². The van der Waals surface area contributed by atoms with Gasteiger partial charge < -0.3 is 9.84 Å². The minimum atomic E-state index is -1.05. The number of ether oxygens (including phenoxy) is 1. The number of anilines is 1. The Balaban J connectivity index is 2.48. The van der Waals surface area contributed by atoms with E-state index in [4.69, 9.17) is 9.84 Å². The lowest BCUT2D eigenvalue weighted by atomic mass is 10.0. The highest BCUT2D eigenvalue weighted by Gasteiger charge is 2.41. The number of benzene rings is 1. The van der Waals surface area contributed by atoms with Crippen LogP contribution in [0.4, 0.5) is 5.69 Å². The number of carboxylic acid groups (broad SMARTS) is 1. The largest absolute Gasteiger partial charge is 0.480 e. The molecular weight excluding hydrogens is 222 g/mol. The summed E-state index contributed by atoms with van der Waals surface area (Å²) >= 11 is 0. The van der Waals surface area contributed by atoms with Crippen molar-refractivity contribution in [1.82, 2.24) is 0 Å². The molecule has 0 aliphatic carbocycles. The fraction of sp³-hybridized carbons (Fsp3) is 0.333. The molecule has 0 radical (unpaired) electrons. The van der Waals surface area contributed by atoms with E-state index in [9.17, 15) is 9.59 Å². The van der Waals surface area contributed by atoms with E-state index < -0.39 is 11.6 Å². The number of carboxylic acids is 1. The minimum absolute atomic E-state index is 0.349.